The Labute approximate surface area is 161 Å². The molecule has 0 bridgehead atoms. The van der Waals surface area contributed by atoms with E-state index in [0.29, 0.717) is 19.1 Å². The molecule has 0 saturated heterocycles. The number of amides is 1. The molecule has 2 aromatic carbocycles. The zero-order valence-corrected chi connectivity index (χ0v) is 16.2. The van der Waals surface area contributed by atoms with Crippen molar-refractivity contribution in [2.45, 2.75) is 51.7 Å². The lowest BCUT2D eigenvalue weighted by Gasteiger charge is -2.38. The van der Waals surface area contributed by atoms with Crippen molar-refractivity contribution in [1.29, 1.82) is 0 Å². The van der Waals surface area contributed by atoms with Gasteiger partial charge < -0.3 is 14.8 Å². The highest BCUT2D eigenvalue weighted by Crippen LogP contribution is 2.36. The molecule has 4 nitrogen and oxygen atoms in total. The number of nitrogens with one attached hydrogen (secondary N) is 1. The third-order valence-corrected chi connectivity index (χ3v) is 5.15. The van der Waals surface area contributed by atoms with Crippen molar-refractivity contribution in [2.24, 2.45) is 5.92 Å². The molecule has 0 aromatic heterocycles. The SMILES string of the molecule is CCO[C@]1(C(=O)Nc2ccc(OCc3ccccc3)cc2)CCC[C@H](C)C1. The van der Waals surface area contributed by atoms with E-state index in [1.54, 1.807) is 0 Å². The molecule has 0 spiro atoms. The van der Waals surface area contributed by atoms with Crippen LogP contribution in [0.4, 0.5) is 5.69 Å². The molecule has 0 unspecified atom stereocenters. The zero-order valence-electron chi connectivity index (χ0n) is 16.2. The summed E-state index contributed by atoms with van der Waals surface area (Å²) >= 11 is 0. The summed E-state index contributed by atoms with van der Waals surface area (Å²) in [6, 6.07) is 17.6. The Morgan fingerprint density at radius 1 is 1.15 bits per heavy atom. The summed E-state index contributed by atoms with van der Waals surface area (Å²) in [5.74, 6) is 1.25. The summed E-state index contributed by atoms with van der Waals surface area (Å²) < 4.78 is 11.8. The summed E-state index contributed by atoms with van der Waals surface area (Å²) in [4.78, 5) is 13.0. The highest BCUT2D eigenvalue weighted by Gasteiger charge is 2.42. The van der Waals surface area contributed by atoms with Gasteiger partial charge >= 0.3 is 0 Å². The van der Waals surface area contributed by atoms with Gasteiger partial charge in [0.1, 0.15) is 18.0 Å². The highest BCUT2D eigenvalue weighted by atomic mass is 16.5. The number of carbonyl (C=O) groups is 1. The molecule has 1 N–H and O–H groups in total. The van der Waals surface area contributed by atoms with Crippen LogP contribution in [0, 0.1) is 5.92 Å². The number of carbonyl (C=O) groups excluding carboxylic acids is 1. The normalized spacial score (nSPS) is 22.2. The lowest BCUT2D eigenvalue weighted by atomic mass is 9.78. The van der Waals surface area contributed by atoms with Gasteiger partial charge in [0.15, 0.2) is 0 Å². The summed E-state index contributed by atoms with van der Waals surface area (Å²) in [6.45, 7) is 5.22. The van der Waals surface area contributed by atoms with Gasteiger partial charge in [0.2, 0.25) is 0 Å². The van der Waals surface area contributed by atoms with Crippen molar-refractivity contribution >= 4 is 11.6 Å². The molecule has 0 radical (unpaired) electrons. The smallest absolute Gasteiger partial charge is 0.256 e. The average molecular weight is 367 g/mol. The summed E-state index contributed by atoms with van der Waals surface area (Å²) in [7, 11) is 0. The standard InChI is InChI=1S/C23H29NO3/c1-3-27-23(15-7-8-18(2)16-23)22(25)24-20-11-13-21(14-12-20)26-17-19-9-5-4-6-10-19/h4-6,9-14,18H,3,7-8,15-17H2,1-2H3,(H,24,25)/t18-,23+/m0/s1. The molecular weight excluding hydrogens is 338 g/mol. The van der Waals surface area contributed by atoms with E-state index in [0.717, 1.165) is 42.7 Å². The van der Waals surface area contributed by atoms with E-state index in [-0.39, 0.29) is 5.91 Å². The van der Waals surface area contributed by atoms with E-state index in [1.165, 1.54) is 0 Å². The van der Waals surface area contributed by atoms with Crippen molar-refractivity contribution in [1.82, 2.24) is 0 Å². The number of hydrogen-bond acceptors (Lipinski definition) is 3. The van der Waals surface area contributed by atoms with Gasteiger partial charge in [-0.2, -0.15) is 0 Å². The van der Waals surface area contributed by atoms with Crippen molar-refractivity contribution in [3.05, 3.63) is 60.2 Å². The van der Waals surface area contributed by atoms with Crippen molar-refractivity contribution < 1.29 is 14.3 Å². The third kappa shape index (κ3) is 5.10. The van der Waals surface area contributed by atoms with Crippen LogP contribution in [-0.4, -0.2) is 18.1 Å². The average Bonchev–Trinajstić information content (AvgIpc) is 2.68. The maximum absolute atomic E-state index is 13.0. The topological polar surface area (TPSA) is 47.6 Å². The van der Waals surface area contributed by atoms with Crippen LogP contribution in [-0.2, 0) is 16.1 Å². The minimum atomic E-state index is -0.700. The van der Waals surface area contributed by atoms with E-state index in [1.807, 2.05) is 61.5 Å². The van der Waals surface area contributed by atoms with Crippen LogP contribution < -0.4 is 10.1 Å². The fourth-order valence-electron chi connectivity index (χ4n) is 3.80. The minimum Gasteiger partial charge on any atom is -0.489 e. The summed E-state index contributed by atoms with van der Waals surface area (Å²) in [5.41, 5.74) is 1.19. The zero-order chi connectivity index (χ0) is 19.1. The first-order chi connectivity index (χ1) is 13.1. The van der Waals surface area contributed by atoms with E-state index >= 15 is 0 Å². The first kappa shape index (κ1) is 19.4. The molecule has 144 valence electrons. The lowest BCUT2D eigenvalue weighted by molar-refractivity contribution is -0.147. The van der Waals surface area contributed by atoms with Gasteiger partial charge in [-0.15, -0.1) is 0 Å². The van der Waals surface area contributed by atoms with Gasteiger partial charge in [0, 0.05) is 12.3 Å². The van der Waals surface area contributed by atoms with Crippen LogP contribution in [0.3, 0.4) is 0 Å². The van der Waals surface area contributed by atoms with E-state index in [9.17, 15) is 4.79 Å². The predicted octanol–water partition coefficient (Wildman–Crippen LogP) is 5.19. The minimum absolute atomic E-state index is 0.0335. The van der Waals surface area contributed by atoms with E-state index < -0.39 is 5.60 Å². The van der Waals surface area contributed by atoms with Crippen LogP contribution in [0.15, 0.2) is 54.6 Å². The van der Waals surface area contributed by atoms with Gasteiger partial charge in [0.05, 0.1) is 0 Å². The largest absolute Gasteiger partial charge is 0.489 e. The van der Waals surface area contributed by atoms with Crippen LogP contribution in [0.1, 0.15) is 45.1 Å². The number of benzene rings is 2. The molecule has 2 aromatic rings. The molecule has 27 heavy (non-hydrogen) atoms. The quantitative estimate of drug-likeness (QED) is 0.732. The molecule has 1 fully saturated rings. The van der Waals surface area contributed by atoms with Gasteiger partial charge in [-0.1, -0.05) is 43.7 Å². The van der Waals surface area contributed by atoms with Gasteiger partial charge in [-0.05, 0) is 61.9 Å². The number of ether oxygens (including phenoxy) is 2. The first-order valence-electron chi connectivity index (χ1n) is 9.83. The van der Waals surface area contributed by atoms with Crippen LogP contribution in [0.5, 0.6) is 5.75 Å². The second kappa shape index (κ2) is 9.05. The maximum atomic E-state index is 13.0. The Morgan fingerprint density at radius 3 is 2.56 bits per heavy atom. The third-order valence-electron chi connectivity index (χ3n) is 5.15. The molecule has 1 saturated carbocycles. The Kier molecular flexibility index (Phi) is 6.51. The molecule has 4 heteroatoms. The second-order valence-corrected chi connectivity index (χ2v) is 7.38. The predicted molar refractivity (Wildman–Crippen MR) is 108 cm³/mol. The van der Waals surface area contributed by atoms with Crippen molar-refractivity contribution in [3.8, 4) is 5.75 Å². The fourth-order valence-corrected chi connectivity index (χ4v) is 3.80. The molecule has 0 heterocycles. The fraction of sp³-hybridized carbons (Fsp3) is 0.435. The molecule has 1 aliphatic carbocycles. The summed E-state index contributed by atoms with van der Waals surface area (Å²) in [6.07, 6.45) is 3.76. The highest BCUT2D eigenvalue weighted by molar-refractivity contribution is 5.97. The molecule has 1 amide bonds. The maximum Gasteiger partial charge on any atom is 0.256 e. The number of rotatable bonds is 7. The lowest BCUT2D eigenvalue weighted by Crippen LogP contribution is -2.48. The Morgan fingerprint density at radius 2 is 1.89 bits per heavy atom. The van der Waals surface area contributed by atoms with Gasteiger partial charge in [-0.25, -0.2) is 0 Å². The second-order valence-electron chi connectivity index (χ2n) is 7.38. The van der Waals surface area contributed by atoms with Gasteiger partial charge in [0.25, 0.3) is 5.91 Å². The Hall–Kier alpha value is -2.33. The van der Waals surface area contributed by atoms with Crippen molar-refractivity contribution in [2.75, 3.05) is 11.9 Å². The number of anilines is 1. The molecule has 2 atom stereocenters. The van der Waals surface area contributed by atoms with Gasteiger partial charge in [-0.3, -0.25) is 4.79 Å². The van der Waals surface area contributed by atoms with Crippen LogP contribution >= 0.6 is 0 Å². The first-order valence-corrected chi connectivity index (χ1v) is 9.83. The van der Waals surface area contributed by atoms with Crippen LogP contribution in [0.2, 0.25) is 0 Å². The van der Waals surface area contributed by atoms with Crippen LogP contribution in [0.25, 0.3) is 0 Å². The van der Waals surface area contributed by atoms with E-state index in [4.69, 9.17) is 9.47 Å². The molecule has 1 aliphatic rings. The Balaban J connectivity index is 1.60. The molecule has 0 aliphatic heterocycles. The Bertz CT molecular complexity index is 725. The summed E-state index contributed by atoms with van der Waals surface area (Å²) in [5, 5.41) is 3.04. The molecule has 3 rings (SSSR count). The van der Waals surface area contributed by atoms with Crippen molar-refractivity contribution in [3.63, 3.8) is 0 Å². The monoisotopic (exact) mass is 367 g/mol. The van der Waals surface area contributed by atoms with E-state index in [2.05, 4.69) is 12.2 Å². The number of hydrogen-bond donors (Lipinski definition) is 1. The molecular formula is C23H29NO3.